The SMILES string of the molecule is O=S(=O)(NC1(c2ccc(F)cc2)CC1)c1cc(Cl)cc(Cl)c1O. The first kappa shape index (κ1) is 16.5. The van der Waals surface area contributed by atoms with Crippen LogP contribution in [-0.2, 0) is 15.6 Å². The maximum atomic E-state index is 13.0. The fraction of sp³-hybridized carbons (Fsp3) is 0.200. The van der Waals surface area contributed by atoms with Gasteiger partial charge in [0, 0.05) is 5.02 Å². The van der Waals surface area contributed by atoms with Gasteiger partial charge in [-0.3, -0.25) is 0 Å². The van der Waals surface area contributed by atoms with Gasteiger partial charge in [-0.15, -0.1) is 0 Å². The van der Waals surface area contributed by atoms with E-state index < -0.39 is 27.1 Å². The lowest BCUT2D eigenvalue weighted by Gasteiger charge is -2.19. The highest BCUT2D eigenvalue weighted by atomic mass is 35.5. The lowest BCUT2D eigenvalue weighted by atomic mass is 10.1. The molecule has 2 aromatic rings. The molecule has 1 aliphatic rings. The summed E-state index contributed by atoms with van der Waals surface area (Å²) in [6, 6.07) is 8.01. The Labute approximate surface area is 142 Å². The molecule has 0 saturated heterocycles. The minimum atomic E-state index is -4.05. The zero-order valence-electron chi connectivity index (χ0n) is 11.7. The van der Waals surface area contributed by atoms with E-state index in [1.54, 1.807) is 0 Å². The number of halogens is 3. The molecule has 3 rings (SSSR count). The van der Waals surface area contributed by atoms with Gasteiger partial charge in [-0.05, 0) is 42.7 Å². The summed E-state index contributed by atoms with van der Waals surface area (Å²) < 4.78 is 40.8. The molecule has 1 saturated carbocycles. The van der Waals surface area contributed by atoms with Crippen LogP contribution in [0, 0.1) is 5.82 Å². The van der Waals surface area contributed by atoms with E-state index in [-0.39, 0.29) is 14.9 Å². The zero-order chi connectivity index (χ0) is 16.8. The number of benzene rings is 2. The van der Waals surface area contributed by atoms with Gasteiger partial charge in [0.2, 0.25) is 10.0 Å². The average molecular weight is 376 g/mol. The van der Waals surface area contributed by atoms with E-state index in [1.165, 1.54) is 30.3 Å². The van der Waals surface area contributed by atoms with E-state index in [4.69, 9.17) is 23.2 Å². The van der Waals surface area contributed by atoms with Gasteiger partial charge in [0.05, 0.1) is 10.6 Å². The van der Waals surface area contributed by atoms with Crippen molar-refractivity contribution in [3.05, 3.63) is 57.8 Å². The van der Waals surface area contributed by atoms with Crippen molar-refractivity contribution in [3.8, 4) is 5.75 Å². The molecule has 122 valence electrons. The average Bonchev–Trinajstić information content (AvgIpc) is 3.23. The number of rotatable bonds is 4. The molecule has 0 amide bonds. The van der Waals surface area contributed by atoms with Crippen molar-refractivity contribution in [2.75, 3.05) is 0 Å². The van der Waals surface area contributed by atoms with E-state index in [1.807, 2.05) is 0 Å². The molecule has 2 aromatic carbocycles. The summed E-state index contributed by atoms with van der Waals surface area (Å²) in [5.41, 5.74) is -0.136. The van der Waals surface area contributed by atoms with Crippen LogP contribution < -0.4 is 4.72 Å². The van der Waals surface area contributed by atoms with Crippen molar-refractivity contribution < 1.29 is 17.9 Å². The summed E-state index contributed by atoms with van der Waals surface area (Å²) in [7, 11) is -4.05. The van der Waals surface area contributed by atoms with E-state index >= 15 is 0 Å². The molecule has 0 heterocycles. The number of hydrogen-bond acceptors (Lipinski definition) is 3. The van der Waals surface area contributed by atoms with Gasteiger partial charge >= 0.3 is 0 Å². The summed E-state index contributed by atoms with van der Waals surface area (Å²) >= 11 is 11.6. The van der Waals surface area contributed by atoms with Crippen LogP contribution in [0.5, 0.6) is 5.75 Å². The largest absolute Gasteiger partial charge is 0.505 e. The fourth-order valence-electron chi connectivity index (χ4n) is 2.40. The second-order valence-corrected chi connectivity index (χ2v) is 7.92. The second kappa shape index (κ2) is 5.63. The molecule has 8 heteroatoms. The Bertz CT molecular complexity index is 865. The Morgan fingerprint density at radius 2 is 1.74 bits per heavy atom. The van der Waals surface area contributed by atoms with Crippen molar-refractivity contribution >= 4 is 33.2 Å². The first-order valence-electron chi connectivity index (χ1n) is 6.72. The predicted molar refractivity (Wildman–Crippen MR) is 85.8 cm³/mol. The third kappa shape index (κ3) is 3.17. The molecule has 1 aliphatic carbocycles. The maximum Gasteiger partial charge on any atom is 0.245 e. The second-order valence-electron chi connectivity index (χ2n) is 5.43. The smallest absolute Gasteiger partial charge is 0.245 e. The topological polar surface area (TPSA) is 66.4 Å². The van der Waals surface area contributed by atoms with E-state index in [2.05, 4.69) is 4.72 Å². The maximum absolute atomic E-state index is 13.0. The first-order valence-corrected chi connectivity index (χ1v) is 8.95. The van der Waals surface area contributed by atoms with Crippen LogP contribution in [0.1, 0.15) is 18.4 Å². The van der Waals surface area contributed by atoms with Gasteiger partial charge in [-0.2, -0.15) is 0 Å². The zero-order valence-corrected chi connectivity index (χ0v) is 14.0. The molecule has 0 bridgehead atoms. The molecule has 2 N–H and O–H groups in total. The Morgan fingerprint density at radius 1 is 1.13 bits per heavy atom. The van der Waals surface area contributed by atoms with Gasteiger partial charge in [0.15, 0.2) is 5.75 Å². The van der Waals surface area contributed by atoms with Crippen molar-refractivity contribution in [2.24, 2.45) is 0 Å². The molecule has 0 unspecified atom stereocenters. The molecule has 4 nitrogen and oxygen atoms in total. The Balaban J connectivity index is 1.97. The molecule has 0 aromatic heterocycles. The van der Waals surface area contributed by atoms with Gasteiger partial charge in [0.25, 0.3) is 0 Å². The van der Waals surface area contributed by atoms with Crippen LogP contribution in [0.4, 0.5) is 4.39 Å². The summed E-state index contributed by atoms with van der Waals surface area (Å²) in [5.74, 6) is -0.954. The lowest BCUT2D eigenvalue weighted by Crippen LogP contribution is -2.34. The van der Waals surface area contributed by atoms with Crippen molar-refractivity contribution in [2.45, 2.75) is 23.3 Å². The van der Waals surface area contributed by atoms with Crippen LogP contribution >= 0.6 is 23.2 Å². The van der Waals surface area contributed by atoms with Gasteiger partial charge in [-0.25, -0.2) is 17.5 Å². The lowest BCUT2D eigenvalue weighted by molar-refractivity contribution is 0.457. The van der Waals surface area contributed by atoms with Crippen molar-refractivity contribution in [3.63, 3.8) is 0 Å². The van der Waals surface area contributed by atoms with E-state index in [0.717, 1.165) is 6.07 Å². The van der Waals surface area contributed by atoms with Gasteiger partial charge < -0.3 is 5.11 Å². The van der Waals surface area contributed by atoms with E-state index in [9.17, 15) is 17.9 Å². The molecule has 23 heavy (non-hydrogen) atoms. The molecule has 0 radical (unpaired) electrons. The molecular weight excluding hydrogens is 364 g/mol. The molecule has 0 spiro atoms. The fourth-order valence-corrected chi connectivity index (χ4v) is 4.61. The summed E-state index contributed by atoms with van der Waals surface area (Å²) in [6.07, 6.45) is 1.15. The number of hydrogen-bond donors (Lipinski definition) is 2. The highest BCUT2D eigenvalue weighted by Crippen LogP contribution is 2.47. The molecule has 1 fully saturated rings. The Morgan fingerprint density at radius 3 is 2.30 bits per heavy atom. The summed E-state index contributed by atoms with van der Waals surface area (Å²) in [5, 5.41) is 9.87. The molecule has 0 aliphatic heterocycles. The van der Waals surface area contributed by atoms with Crippen molar-refractivity contribution in [1.29, 1.82) is 0 Å². The third-order valence-electron chi connectivity index (χ3n) is 3.76. The standard InChI is InChI=1S/C15H12Cl2FNO3S/c16-10-7-12(17)14(20)13(8-10)23(21,22)19-15(5-6-15)9-1-3-11(18)4-2-9/h1-4,7-8,19-20H,5-6H2. The number of aromatic hydroxyl groups is 1. The van der Waals surface area contributed by atoms with Crippen LogP contribution in [0.3, 0.4) is 0 Å². The Kier molecular flexibility index (Phi) is 4.04. The normalized spacial score (nSPS) is 16.3. The Hall–Kier alpha value is -1.34. The number of phenolic OH excluding ortho intramolecular Hbond substituents is 1. The summed E-state index contributed by atoms with van der Waals surface area (Å²) in [4.78, 5) is -0.386. The van der Waals surface area contributed by atoms with Crippen molar-refractivity contribution in [1.82, 2.24) is 4.72 Å². The van der Waals surface area contributed by atoms with Crippen LogP contribution in [0.25, 0.3) is 0 Å². The highest BCUT2D eigenvalue weighted by molar-refractivity contribution is 7.89. The molecular formula is C15H12Cl2FNO3S. The number of phenols is 1. The van der Waals surface area contributed by atoms with Crippen LogP contribution in [0.2, 0.25) is 10.0 Å². The van der Waals surface area contributed by atoms with Gasteiger partial charge in [0.1, 0.15) is 10.7 Å². The van der Waals surface area contributed by atoms with Crippen LogP contribution in [0.15, 0.2) is 41.3 Å². The van der Waals surface area contributed by atoms with Crippen LogP contribution in [-0.4, -0.2) is 13.5 Å². The van der Waals surface area contributed by atoms with E-state index in [0.29, 0.717) is 18.4 Å². The first-order chi connectivity index (χ1) is 10.7. The highest BCUT2D eigenvalue weighted by Gasteiger charge is 2.48. The predicted octanol–water partition coefficient (Wildman–Crippen LogP) is 3.81. The third-order valence-corrected chi connectivity index (χ3v) is 5.82. The summed E-state index contributed by atoms with van der Waals surface area (Å²) in [6.45, 7) is 0. The van der Waals surface area contributed by atoms with Gasteiger partial charge in [-0.1, -0.05) is 35.3 Å². The quantitative estimate of drug-likeness (QED) is 0.853. The number of nitrogens with one attached hydrogen (secondary N) is 1. The minimum absolute atomic E-state index is 0.0970. The molecule has 0 atom stereocenters. The number of sulfonamides is 1. The minimum Gasteiger partial charge on any atom is -0.505 e. The monoisotopic (exact) mass is 375 g/mol.